The van der Waals surface area contributed by atoms with E-state index < -0.39 is 28.6 Å². The smallest absolute Gasteiger partial charge is 0.311 e. The molecule has 212 valence electrons. The first kappa shape index (κ1) is 28.0. The number of benzene rings is 2. The molecule has 0 spiro atoms. The molecule has 6 rings (SSSR count). The first-order chi connectivity index (χ1) is 18.9. The van der Waals surface area contributed by atoms with E-state index in [2.05, 4.69) is 11.6 Å². The van der Waals surface area contributed by atoms with E-state index in [4.69, 9.17) is 9.47 Å². The predicted octanol–water partition coefficient (Wildman–Crippen LogP) is 4.75. The molecule has 0 aliphatic heterocycles. The van der Waals surface area contributed by atoms with Crippen LogP contribution in [0.2, 0.25) is 0 Å². The highest BCUT2D eigenvalue weighted by Crippen LogP contribution is 2.94. The van der Waals surface area contributed by atoms with Gasteiger partial charge in [0.1, 0.15) is 24.0 Å². The molecule has 4 aliphatic rings. The Morgan fingerprint density at radius 1 is 1.18 bits per heavy atom. The van der Waals surface area contributed by atoms with Crippen LogP contribution in [0.15, 0.2) is 53.1 Å². The van der Waals surface area contributed by atoms with Gasteiger partial charge in [0.15, 0.2) is 0 Å². The Morgan fingerprint density at radius 3 is 2.40 bits per heavy atom. The summed E-state index contributed by atoms with van der Waals surface area (Å²) in [6.07, 6.45) is 1.92. The van der Waals surface area contributed by atoms with Gasteiger partial charge in [0.25, 0.3) is 0 Å². The highest BCUT2D eigenvalue weighted by molar-refractivity contribution is 5.96. The summed E-state index contributed by atoms with van der Waals surface area (Å²) in [5.74, 6) is -1.48. The molecule has 2 bridgehead atoms. The summed E-state index contributed by atoms with van der Waals surface area (Å²) in [4.78, 5) is 15.8. The van der Waals surface area contributed by atoms with Crippen LogP contribution in [0.4, 0.5) is 8.78 Å². The summed E-state index contributed by atoms with van der Waals surface area (Å²) >= 11 is 0. The van der Waals surface area contributed by atoms with Crippen LogP contribution >= 0.6 is 0 Å². The number of rotatable bonds is 10. The van der Waals surface area contributed by atoms with Crippen LogP contribution in [0.3, 0.4) is 0 Å². The monoisotopic (exact) mass is 553 g/mol. The lowest BCUT2D eigenvalue weighted by molar-refractivity contribution is -0.141. The molecule has 0 aromatic heterocycles. The number of aliphatic hydroxyl groups excluding tert-OH is 1. The number of halogens is 2. The van der Waals surface area contributed by atoms with Gasteiger partial charge in [-0.1, -0.05) is 6.58 Å². The van der Waals surface area contributed by atoms with Crippen LogP contribution in [0.5, 0.6) is 5.75 Å². The number of carboxylic acids is 1. The molecule has 4 aliphatic carbocycles. The summed E-state index contributed by atoms with van der Waals surface area (Å²) in [5.41, 5.74) is 2.08. The number of ether oxygens (including phenoxy) is 2. The molecule has 7 nitrogen and oxygen atoms in total. The van der Waals surface area contributed by atoms with Crippen molar-refractivity contribution in [1.29, 1.82) is 0 Å². The van der Waals surface area contributed by atoms with Crippen molar-refractivity contribution in [3.05, 3.63) is 76.4 Å². The van der Waals surface area contributed by atoms with Crippen molar-refractivity contribution < 1.29 is 38.4 Å². The van der Waals surface area contributed by atoms with E-state index in [1.807, 2.05) is 0 Å². The van der Waals surface area contributed by atoms with Gasteiger partial charge >= 0.3 is 5.97 Å². The molecule has 0 heterocycles. The van der Waals surface area contributed by atoms with E-state index in [-0.39, 0.29) is 61.0 Å². The van der Waals surface area contributed by atoms with Crippen molar-refractivity contribution in [2.75, 3.05) is 20.3 Å². The molecule has 2 aromatic carbocycles. The molecule has 4 saturated carbocycles. The maximum Gasteiger partial charge on any atom is 0.311 e. The molecule has 2 unspecified atom stereocenters. The fraction of sp³-hybridized carbons (Fsp3) is 0.419. The van der Waals surface area contributed by atoms with Crippen molar-refractivity contribution in [3.8, 4) is 16.9 Å². The number of aliphatic carboxylic acids is 1. The lowest BCUT2D eigenvalue weighted by Gasteiger charge is -2.21. The fourth-order valence-corrected chi connectivity index (χ4v) is 6.31. The van der Waals surface area contributed by atoms with E-state index >= 15 is 4.39 Å². The van der Waals surface area contributed by atoms with Gasteiger partial charge in [0.2, 0.25) is 5.90 Å². The number of aliphatic hydroxyl groups is 2. The second kappa shape index (κ2) is 9.82. The van der Waals surface area contributed by atoms with E-state index in [1.54, 1.807) is 32.1 Å². The van der Waals surface area contributed by atoms with Gasteiger partial charge in [-0.25, -0.2) is 8.78 Å². The van der Waals surface area contributed by atoms with E-state index in [9.17, 15) is 24.5 Å². The van der Waals surface area contributed by atoms with Gasteiger partial charge < -0.3 is 24.8 Å². The van der Waals surface area contributed by atoms with Crippen LogP contribution in [-0.2, 0) is 16.1 Å². The van der Waals surface area contributed by atoms with Crippen molar-refractivity contribution in [2.24, 2.45) is 28.2 Å². The number of nitrogens with zero attached hydrogens (tertiary/aromatic N) is 1. The number of fused-ring (bicyclic) bond motifs is 1. The summed E-state index contributed by atoms with van der Waals surface area (Å²) in [6, 6.07) is 5.75. The molecule has 9 heteroatoms. The number of carboxylic acid groups (broad SMARTS) is 1. The maximum atomic E-state index is 15.0. The van der Waals surface area contributed by atoms with Crippen LogP contribution in [0.25, 0.3) is 11.1 Å². The number of aryl methyl sites for hydroxylation is 2. The standard InChI is InChI=1S/C31H33F2NO6/c1-15-8-19(39-7-6-30(4,38)14-35)9-16(2)25(15)21-10-18(22(32)12-23(21)33)13-40-24(34-5)11-20-17(3)26-28-27(20)31(26,28)29(36)37/h8-12,26-28,35,38H,3,6-7,13-14H2,1-2,4-5H3,(H,36,37)/b20-11+,34-24?/t26-,27?,28-,30?,31+/m0/s1. The molecule has 5 atom stereocenters. The first-order valence-corrected chi connectivity index (χ1v) is 13.2. The molecule has 3 N–H and O–H groups in total. The summed E-state index contributed by atoms with van der Waals surface area (Å²) in [5, 5.41) is 28.7. The molecular weight excluding hydrogens is 520 g/mol. The quantitative estimate of drug-likeness (QED) is 0.290. The average Bonchev–Trinajstić information content (AvgIpc) is 3.70. The Bertz CT molecular complexity index is 1460. The van der Waals surface area contributed by atoms with Gasteiger partial charge in [-0.15, -0.1) is 0 Å². The largest absolute Gasteiger partial charge is 0.493 e. The number of hydrogen-bond acceptors (Lipinski definition) is 6. The van der Waals surface area contributed by atoms with Crippen LogP contribution in [0.1, 0.15) is 30.0 Å². The third kappa shape index (κ3) is 4.41. The Labute approximate surface area is 231 Å². The van der Waals surface area contributed by atoms with Crippen molar-refractivity contribution in [2.45, 2.75) is 39.4 Å². The summed E-state index contributed by atoms with van der Waals surface area (Å²) in [6.45, 7) is 8.79. The van der Waals surface area contributed by atoms with Crippen LogP contribution in [0, 0.1) is 48.7 Å². The van der Waals surface area contributed by atoms with Gasteiger partial charge in [-0.05, 0) is 72.7 Å². The minimum Gasteiger partial charge on any atom is -0.493 e. The molecule has 4 fully saturated rings. The Morgan fingerprint density at radius 2 is 1.85 bits per heavy atom. The van der Waals surface area contributed by atoms with E-state index in [0.29, 0.717) is 11.3 Å². The maximum absolute atomic E-state index is 15.0. The zero-order valence-electron chi connectivity index (χ0n) is 22.9. The van der Waals surface area contributed by atoms with Gasteiger partial charge in [-0.2, -0.15) is 0 Å². The van der Waals surface area contributed by atoms with E-state index in [0.717, 1.165) is 28.3 Å². The molecule has 40 heavy (non-hydrogen) atoms. The van der Waals surface area contributed by atoms with Crippen molar-refractivity contribution >= 4 is 11.9 Å². The van der Waals surface area contributed by atoms with Gasteiger partial charge in [0, 0.05) is 48.6 Å². The fourth-order valence-electron chi connectivity index (χ4n) is 6.31. The highest BCUT2D eigenvalue weighted by Gasteiger charge is 2.96. The van der Waals surface area contributed by atoms with Crippen molar-refractivity contribution in [1.82, 2.24) is 0 Å². The highest BCUT2D eigenvalue weighted by atomic mass is 19.1. The molecule has 0 amide bonds. The number of hydrogen-bond donors (Lipinski definition) is 3. The molecule has 2 aromatic rings. The summed E-state index contributed by atoms with van der Waals surface area (Å²) in [7, 11) is 1.53. The minimum atomic E-state index is -1.24. The third-order valence-corrected chi connectivity index (χ3v) is 8.57. The second-order valence-electron chi connectivity index (χ2n) is 11.3. The second-order valence-corrected chi connectivity index (χ2v) is 11.3. The zero-order valence-corrected chi connectivity index (χ0v) is 22.9. The zero-order chi connectivity index (χ0) is 29.1. The lowest BCUT2D eigenvalue weighted by atomic mass is 9.93. The molecule has 0 saturated heterocycles. The third-order valence-electron chi connectivity index (χ3n) is 8.57. The van der Waals surface area contributed by atoms with Crippen LogP contribution in [-0.4, -0.2) is 53.0 Å². The van der Waals surface area contributed by atoms with E-state index in [1.165, 1.54) is 20.0 Å². The van der Waals surface area contributed by atoms with Crippen LogP contribution < -0.4 is 4.74 Å². The van der Waals surface area contributed by atoms with Gasteiger partial charge in [0.05, 0.1) is 24.2 Å². The predicted molar refractivity (Wildman–Crippen MR) is 145 cm³/mol. The van der Waals surface area contributed by atoms with Gasteiger partial charge in [-0.3, -0.25) is 9.79 Å². The Hall–Kier alpha value is -3.56. The van der Waals surface area contributed by atoms with Crippen molar-refractivity contribution in [3.63, 3.8) is 0 Å². The Balaban J connectivity index is 1.32. The Kier molecular flexibility index (Phi) is 6.87. The molecule has 0 radical (unpaired) electrons. The first-order valence-electron chi connectivity index (χ1n) is 13.2. The lowest BCUT2D eigenvalue weighted by Crippen LogP contribution is -2.31. The number of carbonyl (C=O) groups is 1. The normalized spacial score (nSPS) is 26.9. The average molecular weight is 554 g/mol. The SMILES string of the molecule is C=C1/C(=C\C(=NC)OCc2cc(-c3c(C)cc(OCCC(C)(O)CO)cc3C)c(F)cc2F)C2[C@@H]3[C@H]1[C@@]23C(=O)O. The summed E-state index contributed by atoms with van der Waals surface area (Å²) < 4.78 is 41.4. The molecular formula is C31H33F2NO6. The minimum absolute atomic E-state index is 0.0184. The number of allylic oxidation sites excluding steroid dienone is 2. The number of aliphatic imine (C=N–C) groups is 1. The topological polar surface area (TPSA) is 109 Å².